The number of nitrogens with one attached hydrogen (secondary N) is 2. The number of rotatable bonds is 5. The summed E-state index contributed by atoms with van der Waals surface area (Å²) < 4.78 is 4.87. The first kappa shape index (κ1) is 11.6. The molecule has 2 N–H and O–H groups in total. The molecule has 0 spiro atoms. The van der Waals surface area contributed by atoms with Crippen LogP contribution in [-0.2, 0) is 4.79 Å². The summed E-state index contributed by atoms with van der Waals surface area (Å²) in [7, 11) is 0. The van der Waals surface area contributed by atoms with Crippen molar-refractivity contribution in [3.63, 3.8) is 0 Å². The Kier molecular flexibility index (Phi) is 4.70. The Balaban J connectivity index is 2.16. The molecule has 0 aromatic carbocycles. The van der Waals surface area contributed by atoms with Crippen LogP contribution in [0.4, 0.5) is 0 Å². The van der Waals surface area contributed by atoms with Crippen LogP contribution in [0, 0.1) is 0 Å². The molecule has 0 radical (unpaired) electrons. The van der Waals surface area contributed by atoms with Gasteiger partial charge in [-0.3, -0.25) is 9.59 Å². The third kappa shape index (κ3) is 4.03. The van der Waals surface area contributed by atoms with Gasteiger partial charge in [-0.1, -0.05) is 0 Å². The lowest BCUT2D eigenvalue weighted by Gasteiger charge is -2.03. The topological polar surface area (TPSA) is 71.3 Å². The Morgan fingerprint density at radius 3 is 2.67 bits per heavy atom. The molecule has 6 heteroatoms. The molecule has 0 aliphatic rings. The van der Waals surface area contributed by atoms with Gasteiger partial charge in [-0.15, -0.1) is 11.6 Å². The van der Waals surface area contributed by atoms with E-state index in [1.165, 1.54) is 6.26 Å². The number of alkyl halides is 1. The maximum atomic E-state index is 11.3. The van der Waals surface area contributed by atoms with Crippen LogP contribution in [-0.4, -0.2) is 30.8 Å². The summed E-state index contributed by atoms with van der Waals surface area (Å²) in [5.74, 6) is -0.394. The van der Waals surface area contributed by atoms with Crippen LogP contribution >= 0.6 is 11.6 Å². The van der Waals surface area contributed by atoms with Gasteiger partial charge in [0.1, 0.15) is 5.88 Å². The lowest BCUT2D eigenvalue weighted by molar-refractivity contribution is -0.118. The molecule has 0 saturated heterocycles. The van der Waals surface area contributed by atoms with Gasteiger partial charge in [0.15, 0.2) is 5.76 Å². The molecule has 1 aromatic rings. The second-order valence-electron chi connectivity index (χ2n) is 2.72. The number of hydrogen-bond acceptors (Lipinski definition) is 3. The van der Waals surface area contributed by atoms with Crippen LogP contribution in [0.15, 0.2) is 22.8 Å². The van der Waals surface area contributed by atoms with E-state index in [4.69, 9.17) is 16.0 Å². The summed E-state index contributed by atoms with van der Waals surface area (Å²) in [6, 6.07) is 3.19. The highest BCUT2D eigenvalue weighted by Gasteiger charge is 2.06. The van der Waals surface area contributed by atoms with Crippen molar-refractivity contribution in [3.05, 3.63) is 24.2 Å². The molecule has 1 aromatic heterocycles. The Bertz CT molecular complexity index is 324. The number of furan rings is 1. The lowest BCUT2D eigenvalue weighted by atomic mass is 10.4. The molecular formula is C9H11ClN2O3. The Hall–Kier alpha value is -1.49. The number of carbonyl (C=O) groups excluding carboxylic acids is 2. The number of amides is 2. The third-order valence-corrected chi connectivity index (χ3v) is 1.84. The maximum absolute atomic E-state index is 11.3. The molecule has 82 valence electrons. The molecule has 0 atom stereocenters. The van der Waals surface area contributed by atoms with E-state index in [2.05, 4.69) is 10.6 Å². The molecule has 15 heavy (non-hydrogen) atoms. The molecular weight excluding hydrogens is 220 g/mol. The van der Waals surface area contributed by atoms with Gasteiger partial charge < -0.3 is 15.1 Å². The molecule has 1 heterocycles. The van der Waals surface area contributed by atoms with Crippen LogP contribution in [0.3, 0.4) is 0 Å². The average molecular weight is 231 g/mol. The standard InChI is InChI=1S/C9H11ClN2O3/c10-6-8(13)11-3-4-12-9(14)7-2-1-5-15-7/h1-2,5H,3-4,6H2,(H,11,13)(H,12,14). The van der Waals surface area contributed by atoms with Crippen LogP contribution in [0.1, 0.15) is 10.6 Å². The molecule has 0 aliphatic heterocycles. The van der Waals surface area contributed by atoms with Crippen molar-refractivity contribution in [1.82, 2.24) is 10.6 Å². The Morgan fingerprint density at radius 2 is 2.07 bits per heavy atom. The first-order valence-electron chi connectivity index (χ1n) is 4.38. The fourth-order valence-electron chi connectivity index (χ4n) is 0.920. The van der Waals surface area contributed by atoms with Crippen molar-refractivity contribution in [1.29, 1.82) is 0 Å². The maximum Gasteiger partial charge on any atom is 0.287 e. The fourth-order valence-corrected chi connectivity index (χ4v) is 1.01. The number of carbonyl (C=O) groups is 2. The zero-order valence-electron chi connectivity index (χ0n) is 7.96. The van der Waals surface area contributed by atoms with E-state index in [-0.39, 0.29) is 23.5 Å². The largest absolute Gasteiger partial charge is 0.459 e. The summed E-state index contributed by atoms with van der Waals surface area (Å²) in [5, 5.41) is 5.09. The first-order valence-corrected chi connectivity index (χ1v) is 4.92. The molecule has 1 rings (SSSR count). The minimum Gasteiger partial charge on any atom is -0.459 e. The van der Waals surface area contributed by atoms with E-state index in [0.29, 0.717) is 13.1 Å². The number of halogens is 1. The van der Waals surface area contributed by atoms with Crippen molar-refractivity contribution < 1.29 is 14.0 Å². The highest BCUT2D eigenvalue weighted by molar-refractivity contribution is 6.27. The van der Waals surface area contributed by atoms with Crippen molar-refractivity contribution in [2.24, 2.45) is 0 Å². The van der Waals surface area contributed by atoms with Crippen LogP contribution in [0.5, 0.6) is 0 Å². The van der Waals surface area contributed by atoms with E-state index in [1.807, 2.05) is 0 Å². The van der Waals surface area contributed by atoms with Gasteiger partial charge in [0.25, 0.3) is 5.91 Å². The van der Waals surface area contributed by atoms with E-state index in [1.54, 1.807) is 12.1 Å². The molecule has 0 saturated carbocycles. The summed E-state index contributed by atoms with van der Waals surface area (Å²) >= 11 is 5.26. The van der Waals surface area contributed by atoms with Crippen molar-refractivity contribution >= 4 is 23.4 Å². The normalized spacial score (nSPS) is 9.67. The summed E-state index contributed by atoms with van der Waals surface area (Å²) in [4.78, 5) is 22.0. The molecule has 2 amide bonds. The van der Waals surface area contributed by atoms with Gasteiger partial charge >= 0.3 is 0 Å². The van der Waals surface area contributed by atoms with Gasteiger partial charge in [0.2, 0.25) is 5.91 Å². The predicted molar refractivity (Wildman–Crippen MR) is 54.8 cm³/mol. The highest BCUT2D eigenvalue weighted by atomic mass is 35.5. The second-order valence-corrected chi connectivity index (χ2v) is 2.98. The van der Waals surface area contributed by atoms with E-state index in [9.17, 15) is 9.59 Å². The number of hydrogen-bond donors (Lipinski definition) is 2. The summed E-state index contributed by atoms with van der Waals surface area (Å²) in [6.07, 6.45) is 1.42. The predicted octanol–water partition coefficient (Wildman–Crippen LogP) is 0.364. The third-order valence-electron chi connectivity index (χ3n) is 1.60. The first-order chi connectivity index (χ1) is 7.24. The van der Waals surface area contributed by atoms with Crippen LogP contribution in [0.25, 0.3) is 0 Å². The second kappa shape index (κ2) is 6.08. The molecule has 5 nitrogen and oxygen atoms in total. The zero-order valence-corrected chi connectivity index (χ0v) is 8.71. The highest BCUT2D eigenvalue weighted by Crippen LogP contribution is 1.98. The van der Waals surface area contributed by atoms with Crippen LogP contribution in [0.2, 0.25) is 0 Å². The summed E-state index contributed by atoms with van der Waals surface area (Å²) in [5.41, 5.74) is 0. The fraction of sp³-hybridized carbons (Fsp3) is 0.333. The monoisotopic (exact) mass is 230 g/mol. The summed E-state index contributed by atoms with van der Waals surface area (Å²) in [6.45, 7) is 0.681. The van der Waals surface area contributed by atoms with Crippen molar-refractivity contribution in [2.75, 3.05) is 19.0 Å². The van der Waals surface area contributed by atoms with Gasteiger partial charge in [0, 0.05) is 13.1 Å². The quantitative estimate of drug-likeness (QED) is 0.567. The van der Waals surface area contributed by atoms with Gasteiger partial charge in [-0.2, -0.15) is 0 Å². The van der Waals surface area contributed by atoms with Crippen LogP contribution < -0.4 is 10.6 Å². The van der Waals surface area contributed by atoms with E-state index in [0.717, 1.165) is 0 Å². The smallest absolute Gasteiger partial charge is 0.287 e. The molecule has 0 aliphatic carbocycles. The molecule has 0 unspecified atom stereocenters. The SMILES string of the molecule is O=C(CCl)NCCNC(=O)c1ccco1. The zero-order chi connectivity index (χ0) is 11.1. The Morgan fingerprint density at radius 1 is 1.33 bits per heavy atom. The van der Waals surface area contributed by atoms with Gasteiger partial charge in [-0.25, -0.2) is 0 Å². The van der Waals surface area contributed by atoms with Crippen molar-refractivity contribution in [2.45, 2.75) is 0 Å². The average Bonchev–Trinajstić information content (AvgIpc) is 2.77. The lowest BCUT2D eigenvalue weighted by Crippen LogP contribution is -2.35. The van der Waals surface area contributed by atoms with E-state index >= 15 is 0 Å². The minimum absolute atomic E-state index is 0.0773. The van der Waals surface area contributed by atoms with Gasteiger partial charge in [-0.05, 0) is 12.1 Å². The van der Waals surface area contributed by atoms with Gasteiger partial charge in [0.05, 0.1) is 6.26 Å². The van der Waals surface area contributed by atoms with E-state index < -0.39 is 0 Å². The molecule has 0 fully saturated rings. The minimum atomic E-state index is -0.305. The molecule has 0 bridgehead atoms. The van der Waals surface area contributed by atoms with Crippen molar-refractivity contribution in [3.8, 4) is 0 Å². The Labute approximate surface area is 91.8 Å².